The largest absolute Gasteiger partial charge is 0.494 e. The molecule has 0 saturated carbocycles. The molecular weight excluding hydrogens is 460 g/mol. The van der Waals surface area contributed by atoms with E-state index in [1.807, 2.05) is 54.6 Å². The van der Waals surface area contributed by atoms with Crippen LogP contribution in [0.5, 0.6) is 5.75 Å². The molecule has 0 aliphatic carbocycles. The van der Waals surface area contributed by atoms with E-state index in [4.69, 9.17) is 30.5 Å². The Morgan fingerprint density at radius 1 is 1.09 bits per heavy atom. The third kappa shape index (κ3) is 6.15. The molecular formula is C26H27ClO5S. The fourth-order valence-electron chi connectivity index (χ4n) is 3.69. The average Bonchev–Trinajstić information content (AvgIpc) is 3.30. The van der Waals surface area contributed by atoms with E-state index in [0.717, 1.165) is 59.6 Å². The van der Waals surface area contributed by atoms with Gasteiger partial charge in [0.1, 0.15) is 10.6 Å². The van der Waals surface area contributed by atoms with Gasteiger partial charge in [0.05, 0.1) is 20.3 Å². The molecule has 5 nitrogen and oxygen atoms in total. The molecule has 1 fully saturated rings. The van der Waals surface area contributed by atoms with Crippen molar-refractivity contribution < 1.29 is 23.7 Å². The summed E-state index contributed by atoms with van der Waals surface area (Å²) < 4.78 is 22.1. The molecule has 0 amide bonds. The Labute approximate surface area is 203 Å². The zero-order chi connectivity index (χ0) is 23.0. The summed E-state index contributed by atoms with van der Waals surface area (Å²) >= 11 is 7.83. The third-order valence-electron chi connectivity index (χ3n) is 5.40. The van der Waals surface area contributed by atoms with E-state index in [9.17, 15) is 4.79 Å². The van der Waals surface area contributed by atoms with Crippen molar-refractivity contribution in [1.82, 2.24) is 0 Å². The van der Waals surface area contributed by atoms with Gasteiger partial charge in [-0.15, -0.1) is 11.3 Å². The lowest BCUT2D eigenvalue weighted by molar-refractivity contribution is -0.163. The molecule has 0 bridgehead atoms. The molecule has 0 N–H and O–H groups in total. The van der Waals surface area contributed by atoms with Crippen LogP contribution in [0.1, 0.15) is 35.4 Å². The second-order valence-corrected chi connectivity index (χ2v) is 9.18. The first-order valence-electron chi connectivity index (χ1n) is 11.1. The van der Waals surface area contributed by atoms with Crippen molar-refractivity contribution in [3.63, 3.8) is 0 Å². The van der Waals surface area contributed by atoms with Gasteiger partial charge >= 0.3 is 5.97 Å². The van der Waals surface area contributed by atoms with Crippen LogP contribution in [0.2, 0.25) is 5.02 Å². The van der Waals surface area contributed by atoms with Crippen LogP contribution >= 0.6 is 22.9 Å². The van der Waals surface area contributed by atoms with Gasteiger partial charge in [-0.25, -0.2) is 4.79 Å². The van der Waals surface area contributed by atoms with Crippen LogP contribution in [-0.2, 0) is 14.2 Å². The van der Waals surface area contributed by atoms with Crippen molar-refractivity contribution in [2.45, 2.75) is 32.0 Å². The fourth-order valence-corrected chi connectivity index (χ4v) is 5.11. The van der Waals surface area contributed by atoms with Crippen molar-refractivity contribution >= 4 is 28.9 Å². The SMILES string of the molecule is COC(=O)c1cc(-c2ccc(OCCCOC3CCCCO3)cc2)c(-c2ccccc2Cl)s1. The van der Waals surface area contributed by atoms with Gasteiger partial charge in [0, 0.05) is 34.1 Å². The van der Waals surface area contributed by atoms with Gasteiger partial charge in [0.15, 0.2) is 6.29 Å². The fraction of sp³-hybridized carbons (Fsp3) is 0.346. The number of hydrogen-bond donors (Lipinski definition) is 0. The molecule has 7 heteroatoms. The Kier molecular flexibility index (Phi) is 8.40. The van der Waals surface area contributed by atoms with Gasteiger partial charge in [-0.2, -0.15) is 0 Å². The molecule has 1 unspecified atom stereocenters. The van der Waals surface area contributed by atoms with Crippen LogP contribution in [-0.4, -0.2) is 39.2 Å². The highest BCUT2D eigenvalue weighted by molar-refractivity contribution is 7.18. The number of ether oxygens (including phenoxy) is 4. The lowest BCUT2D eigenvalue weighted by atomic mass is 10.0. The van der Waals surface area contributed by atoms with Gasteiger partial charge in [0.2, 0.25) is 0 Å². The molecule has 3 aromatic rings. The minimum atomic E-state index is -0.361. The number of benzene rings is 2. The monoisotopic (exact) mass is 486 g/mol. The lowest BCUT2D eigenvalue weighted by Gasteiger charge is -2.22. The van der Waals surface area contributed by atoms with Crippen LogP contribution in [0.15, 0.2) is 54.6 Å². The number of halogens is 1. The number of esters is 1. The Bertz CT molecular complexity index is 1060. The molecule has 1 saturated heterocycles. The summed E-state index contributed by atoms with van der Waals surface area (Å²) in [5.41, 5.74) is 2.79. The highest BCUT2D eigenvalue weighted by atomic mass is 35.5. The molecule has 1 atom stereocenters. The molecule has 4 rings (SSSR count). The van der Waals surface area contributed by atoms with E-state index in [0.29, 0.717) is 23.1 Å². The highest BCUT2D eigenvalue weighted by Crippen LogP contribution is 2.42. The maximum Gasteiger partial charge on any atom is 0.348 e. The minimum absolute atomic E-state index is 0.0640. The summed E-state index contributed by atoms with van der Waals surface area (Å²) in [5, 5.41) is 0.637. The van der Waals surface area contributed by atoms with Gasteiger partial charge in [-0.1, -0.05) is 41.9 Å². The summed E-state index contributed by atoms with van der Waals surface area (Å²) in [6.45, 7) is 1.98. The molecule has 1 aliphatic rings. The van der Waals surface area contributed by atoms with Crippen LogP contribution in [0.4, 0.5) is 0 Å². The number of hydrogen-bond acceptors (Lipinski definition) is 6. The molecule has 2 heterocycles. The van der Waals surface area contributed by atoms with Crippen molar-refractivity contribution in [3.8, 4) is 27.3 Å². The van der Waals surface area contributed by atoms with Gasteiger partial charge in [-0.05, 0) is 49.1 Å². The van der Waals surface area contributed by atoms with E-state index in [2.05, 4.69) is 0 Å². The number of carbonyl (C=O) groups is 1. The summed E-state index contributed by atoms with van der Waals surface area (Å²) in [4.78, 5) is 13.6. The average molecular weight is 487 g/mol. The van der Waals surface area contributed by atoms with Crippen LogP contribution < -0.4 is 4.74 Å². The number of methoxy groups -OCH3 is 1. The molecule has 1 aromatic heterocycles. The van der Waals surface area contributed by atoms with Gasteiger partial charge in [-0.3, -0.25) is 0 Å². The first kappa shape index (κ1) is 23.8. The molecule has 33 heavy (non-hydrogen) atoms. The number of carbonyl (C=O) groups excluding carboxylic acids is 1. The standard InChI is InChI=1S/C26H27ClO5S/c1-29-26(28)23-17-21(25(33-23)20-7-2-3-8-22(20)27)18-10-12-19(13-11-18)30-15-6-16-32-24-9-4-5-14-31-24/h2-3,7-8,10-13,17,24H,4-6,9,14-16H2,1H3. The van der Waals surface area contributed by atoms with E-state index in [-0.39, 0.29) is 12.3 Å². The Morgan fingerprint density at radius 3 is 2.64 bits per heavy atom. The van der Waals surface area contributed by atoms with Crippen LogP contribution in [0.3, 0.4) is 0 Å². The summed E-state index contributed by atoms with van der Waals surface area (Å²) in [6.07, 6.45) is 3.99. The summed E-state index contributed by atoms with van der Waals surface area (Å²) in [5.74, 6) is 0.427. The minimum Gasteiger partial charge on any atom is -0.494 e. The van der Waals surface area contributed by atoms with Gasteiger partial charge in [0.25, 0.3) is 0 Å². The summed E-state index contributed by atoms with van der Waals surface area (Å²) in [6, 6.07) is 17.3. The van der Waals surface area contributed by atoms with Gasteiger partial charge < -0.3 is 18.9 Å². The van der Waals surface area contributed by atoms with Crippen LogP contribution in [0, 0.1) is 0 Å². The molecule has 0 spiro atoms. The molecule has 0 radical (unpaired) electrons. The smallest absolute Gasteiger partial charge is 0.348 e. The maximum absolute atomic E-state index is 12.2. The van der Waals surface area contributed by atoms with Crippen molar-refractivity contribution in [2.24, 2.45) is 0 Å². The second-order valence-electron chi connectivity index (χ2n) is 7.72. The number of rotatable bonds is 9. The Morgan fingerprint density at radius 2 is 1.91 bits per heavy atom. The zero-order valence-electron chi connectivity index (χ0n) is 18.6. The molecule has 1 aliphatic heterocycles. The van der Waals surface area contributed by atoms with E-state index in [1.54, 1.807) is 0 Å². The topological polar surface area (TPSA) is 54.0 Å². The van der Waals surface area contributed by atoms with Crippen LogP contribution in [0.25, 0.3) is 21.6 Å². The third-order valence-corrected chi connectivity index (χ3v) is 6.88. The first-order chi connectivity index (χ1) is 16.2. The Hall–Kier alpha value is -2.38. The van der Waals surface area contributed by atoms with E-state index < -0.39 is 0 Å². The predicted molar refractivity (Wildman–Crippen MR) is 131 cm³/mol. The van der Waals surface area contributed by atoms with Crippen molar-refractivity contribution in [2.75, 3.05) is 26.9 Å². The van der Waals surface area contributed by atoms with E-state index >= 15 is 0 Å². The lowest BCUT2D eigenvalue weighted by Crippen LogP contribution is -2.23. The molecule has 2 aromatic carbocycles. The number of thiophene rings is 1. The quantitative estimate of drug-likeness (QED) is 0.245. The van der Waals surface area contributed by atoms with Crippen molar-refractivity contribution in [3.05, 3.63) is 64.5 Å². The molecule has 174 valence electrons. The predicted octanol–water partition coefficient (Wildman–Crippen LogP) is 6.83. The Balaban J connectivity index is 1.42. The maximum atomic E-state index is 12.2. The van der Waals surface area contributed by atoms with E-state index in [1.165, 1.54) is 18.4 Å². The van der Waals surface area contributed by atoms with Crippen molar-refractivity contribution in [1.29, 1.82) is 0 Å². The zero-order valence-corrected chi connectivity index (χ0v) is 20.1. The highest BCUT2D eigenvalue weighted by Gasteiger charge is 2.19. The normalized spacial score (nSPS) is 15.9. The summed E-state index contributed by atoms with van der Waals surface area (Å²) in [7, 11) is 1.39. The second kappa shape index (κ2) is 11.7. The first-order valence-corrected chi connectivity index (χ1v) is 12.3.